The molecule has 0 atom stereocenters. The molecule has 0 unspecified atom stereocenters. The number of hydrogen-bond donors (Lipinski definition) is 1. The van der Waals surface area contributed by atoms with Crippen LogP contribution in [-0.2, 0) is 4.79 Å². The van der Waals surface area contributed by atoms with Gasteiger partial charge in [-0.05, 0) is 46.3 Å². The van der Waals surface area contributed by atoms with E-state index < -0.39 is 5.82 Å². The van der Waals surface area contributed by atoms with Gasteiger partial charge >= 0.3 is 0 Å². The molecule has 1 heterocycles. The number of rotatable bonds is 4. The first-order valence-corrected chi connectivity index (χ1v) is 6.23. The second-order valence-corrected chi connectivity index (χ2v) is 4.39. The fourth-order valence-electron chi connectivity index (χ4n) is 1.39. The van der Waals surface area contributed by atoms with Crippen LogP contribution in [0.25, 0.3) is 0 Å². The van der Waals surface area contributed by atoms with Crippen molar-refractivity contribution in [2.45, 2.75) is 0 Å². The SMILES string of the molecule is O=C(COc1cccnc1Br)Nc1cccc(F)c1. The minimum atomic E-state index is -0.409. The van der Waals surface area contributed by atoms with Gasteiger partial charge in [-0.3, -0.25) is 4.79 Å². The number of hydrogen-bond acceptors (Lipinski definition) is 3. The number of halogens is 2. The van der Waals surface area contributed by atoms with Crippen LogP contribution in [0.2, 0.25) is 0 Å². The second-order valence-electron chi connectivity index (χ2n) is 3.64. The van der Waals surface area contributed by atoms with Gasteiger partial charge in [0.25, 0.3) is 5.91 Å². The lowest BCUT2D eigenvalue weighted by atomic mass is 10.3. The van der Waals surface area contributed by atoms with Crippen LogP contribution in [-0.4, -0.2) is 17.5 Å². The Kier molecular flexibility index (Phi) is 4.46. The number of pyridine rings is 1. The highest BCUT2D eigenvalue weighted by Crippen LogP contribution is 2.20. The van der Waals surface area contributed by atoms with Gasteiger partial charge in [-0.2, -0.15) is 0 Å². The third-order valence-electron chi connectivity index (χ3n) is 2.19. The van der Waals surface area contributed by atoms with Crippen LogP contribution < -0.4 is 10.1 Å². The number of amides is 1. The molecule has 0 saturated heterocycles. The zero-order chi connectivity index (χ0) is 13.7. The summed E-state index contributed by atoms with van der Waals surface area (Å²) in [4.78, 5) is 15.6. The number of nitrogens with one attached hydrogen (secondary N) is 1. The van der Waals surface area contributed by atoms with Gasteiger partial charge in [0.15, 0.2) is 12.4 Å². The summed E-state index contributed by atoms with van der Waals surface area (Å²) >= 11 is 3.21. The molecule has 0 aliphatic rings. The molecule has 1 N–H and O–H groups in total. The van der Waals surface area contributed by atoms with Crippen LogP contribution >= 0.6 is 15.9 Å². The fraction of sp³-hybridized carbons (Fsp3) is 0.0769. The van der Waals surface area contributed by atoms with Gasteiger partial charge in [0.1, 0.15) is 10.4 Å². The summed E-state index contributed by atoms with van der Waals surface area (Å²) in [6.07, 6.45) is 1.60. The molecule has 4 nitrogen and oxygen atoms in total. The van der Waals surface area contributed by atoms with Crippen molar-refractivity contribution in [2.24, 2.45) is 0 Å². The number of anilines is 1. The first-order valence-electron chi connectivity index (χ1n) is 5.44. The Balaban J connectivity index is 1.90. The first-order chi connectivity index (χ1) is 9.15. The number of nitrogens with zero attached hydrogens (tertiary/aromatic N) is 1. The Morgan fingerprint density at radius 2 is 2.21 bits per heavy atom. The van der Waals surface area contributed by atoms with Crippen LogP contribution in [0.15, 0.2) is 47.2 Å². The monoisotopic (exact) mass is 324 g/mol. The van der Waals surface area contributed by atoms with Gasteiger partial charge in [0.05, 0.1) is 0 Å². The van der Waals surface area contributed by atoms with Gasteiger partial charge in [-0.15, -0.1) is 0 Å². The quantitative estimate of drug-likeness (QED) is 0.879. The van der Waals surface area contributed by atoms with Crippen LogP contribution in [0.1, 0.15) is 0 Å². The number of carbonyl (C=O) groups excluding carboxylic acids is 1. The number of benzene rings is 1. The van der Waals surface area contributed by atoms with Crippen molar-refractivity contribution in [3.8, 4) is 5.75 Å². The molecule has 2 rings (SSSR count). The van der Waals surface area contributed by atoms with Gasteiger partial charge in [-0.25, -0.2) is 9.37 Å². The summed E-state index contributed by atoms with van der Waals surface area (Å²) in [5.41, 5.74) is 0.388. The molecule has 0 spiro atoms. The van der Waals surface area contributed by atoms with Crippen LogP contribution in [0.4, 0.5) is 10.1 Å². The van der Waals surface area contributed by atoms with E-state index in [2.05, 4.69) is 26.2 Å². The van der Waals surface area contributed by atoms with Crippen molar-refractivity contribution in [1.82, 2.24) is 4.98 Å². The maximum atomic E-state index is 12.9. The lowest BCUT2D eigenvalue weighted by Gasteiger charge is -2.08. The lowest BCUT2D eigenvalue weighted by Crippen LogP contribution is -2.20. The van der Waals surface area contributed by atoms with E-state index in [1.54, 1.807) is 24.4 Å². The summed E-state index contributed by atoms with van der Waals surface area (Å²) in [6.45, 7) is -0.180. The lowest BCUT2D eigenvalue weighted by molar-refractivity contribution is -0.118. The molecule has 19 heavy (non-hydrogen) atoms. The average molecular weight is 325 g/mol. The molecule has 2 aromatic rings. The standard InChI is InChI=1S/C13H10BrFN2O2/c14-13-11(5-2-6-16-13)19-8-12(18)17-10-4-1-3-9(15)7-10/h1-7H,8H2,(H,17,18). The predicted octanol–water partition coefficient (Wildman–Crippen LogP) is 3.00. The summed E-state index contributed by atoms with van der Waals surface area (Å²) < 4.78 is 18.7. The number of carbonyl (C=O) groups is 1. The molecule has 0 saturated carbocycles. The normalized spacial score (nSPS) is 10.0. The molecule has 1 aromatic carbocycles. The molecule has 0 aliphatic carbocycles. The van der Waals surface area contributed by atoms with Crippen LogP contribution in [0.5, 0.6) is 5.75 Å². The molecule has 1 aromatic heterocycles. The van der Waals surface area contributed by atoms with Crippen LogP contribution in [0, 0.1) is 5.82 Å². The minimum absolute atomic E-state index is 0.180. The van der Waals surface area contributed by atoms with Crippen LogP contribution in [0.3, 0.4) is 0 Å². The topological polar surface area (TPSA) is 51.2 Å². The average Bonchev–Trinajstić information content (AvgIpc) is 2.38. The third kappa shape index (κ3) is 4.03. The molecule has 0 aliphatic heterocycles. The van der Waals surface area contributed by atoms with Crippen molar-refractivity contribution in [1.29, 1.82) is 0 Å². The predicted molar refractivity (Wildman–Crippen MR) is 72.5 cm³/mol. The van der Waals surface area contributed by atoms with Gasteiger partial charge < -0.3 is 10.1 Å². The van der Waals surface area contributed by atoms with E-state index in [1.807, 2.05) is 0 Å². The molecular weight excluding hydrogens is 315 g/mol. The highest BCUT2D eigenvalue weighted by Gasteiger charge is 2.06. The Bertz CT molecular complexity index is 592. The molecule has 98 valence electrons. The largest absolute Gasteiger partial charge is 0.481 e. The van der Waals surface area contributed by atoms with Crippen molar-refractivity contribution in [3.63, 3.8) is 0 Å². The van der Waals surface area contributed by atoms with Gasteiger partial charge in [0, 0.05) is 11.9 Å². The van der Waals surface area contributed by atoms with Gasteiger partial charge in [-0.1, -0.05) is 6.07 Å². The van der Waals surface area contributed by atoms with Crippen molar-refractivity contribution >= 4 is 27.5 Å². The van der Waals surface area contributed by atoms with Crippen molar-refractivity contribution in [2.75, 3.05) is 11.9 Å². The van der Waals surface area contributed by atoms with E-state index in [-0.39, 0.29) is 12.5 Å². The molecule has 1 amide bonds. The first kappa shape index (κ1) is 13.5. The van der Waals surface area contributed by atoms with Crippen molar-refractivity contribution in [3.05, 3.63) is 53.0 Å². The maximum absolute atomic E-state index is 12.9. The zero-order valence-electron chi connectivity index (χ0n) is 9.77. The Morgan fingerprint density at radius 3 is 2.95 bits per heavy atom. The van der Waals surface area contributed by atoms with E-state index in [0.29, 0.717) is 16.0 Å². The molecule has 0 bridgehead atoms. The molecule has 0 radical (unpaired) electrons. The summed E-state index contributed by atoms with van der Waals surface area (Å²) in [7, 11) is 0. The van der Waals surface area contributed by atoms with E-state index in [9.17, 15) is 9.18 Å². The highest BCUT2D eigenvalue weighted by molar-refractivity contribution is 9.10. The Morgan fingerprint density at radius 1 is 1.37 bits per heavy atom. The zero-order valence-corrected chi connectivity index (χ0v) is 11.4. The second kappa shape index (κ2) is 6.29. The summed E-state index contributed by atoms with van der Waals surface area (Å²) in [5, 5.41) is 2.53. The Labute approximate surface area is 117 Å². The van der Waals surface area contributed by atoms with E-state index in [1.165, 1.54) is 18.2 Å². The van der Waals surface area contributed by atoms with Gasteiger partial charge in [0.2, 0.25) is 0 Å². The van der Waals surface area contributed by atoms with E-state index >= 15 is 0 Å². The highest BCUT2D eigenvalue weighted by atomic mass is 79.9. The summed E-state index contributed by atoms with van der Waals surface area (Å²) in [6, 6.07) is 9.04. The minimum Gasteiger partial charge on any atom is -0.481 e. The maximum Gasteiger partial charge on any atom is 0.262 e. The number of aromatic nitrogens is 1. The third-order valence-corrected chi connectivity index (χ3v) is 2.79. The molecule has 0 fully saturated rings. The molecular formula is C13H10BrFN2O2. The smallest absolute Gasteiger partial charge is 0.262 e. The van der Waals surface area contributed by atoms with E-state index in [4.69, 9.17) is 4.74 Å². The number of ether oxygens (including phenoxy) is 1. The van der Waals surface area contributed by atoms with E-state index in [0.717, 1.165) is 0 Å². The van der Waals surface area contributed by atoms with Crippen molar-refractivity contribution < 1.29 is 13.9 Å². The fourth-order valence-corrected chi connectivity index (χ4v) is 1.75. The molecule has 6 heteroatoms. The Hall–Kier alpha value is -1.95. The summed E-state index contributed by atoms with van der Waals surface area (Å²) in [5.74, 6) is -0.313.